The molecule has 0 aliphatic rings. The Morgan fingerprint density at radius 2 is 2.00 bits per heavy atom. The van der Waals surface area contributed by atoms with Gasteiger partial charge in [0.2, 0.25) is 5.13 Å². The largest absolute Gasteiger partial charge is 0.374 e. The van der Waals surface area contributed by atoms with E-state index in [-0.39, 0.29) is 9.47 Å². The summed E-state index contributed by atoms with van der Waals surface area (Å²) in [5.41, 5.74) is 6.97. The van der Waals surface area contributed by atoms with E-state index in [1.54, 1.807) is 19.1 Å². The van der Waals surface area contributed by atoms with Gasteiger partial charge in [0.05, 0.1) is 5.69 Å². The van der Waals surface area contributed by atoms with Crippen molar-refractivity contribution in [3.05, 3.63) is 29.8 Å². The van der Waals surface area contributed by atoms with Gasteiger partial charge in [-0.05, 0) is 25.5 Å². The molecule has 0 aliphatic carbocycles. The third-order valence-corrected chi connectivity index (χ3v) is 5.59. The number of hydrogen-bond acceptors (Lipinski definition) is 6. The Labute approximate surface area is 115 Å². The van der Waals surface area contributed by atoms with Gasteiger partial charge in [0.1, 0.15) is 0 Å². The number of para-hydroxylation sites is 1. The van der Waals surface area contributed by atoms with Crippen LogP contribution in [0, 0.1) is 6.92 Å². The summed E-state index contributed by atoms with van der Waals surface area (Å²) in [5, 5.41) is 7.32. The molecule has 0 atom stereocenters. The second kappa shape index (κ2) is 5.14. The fourth-order valence-corrected chi connectivity index (χ4v) is 4.16. The Balaban J connectivity index is 2.51. The molecule has 0 bridgehead atoms. The van der Waals surface area contributed by atoms with Crippen LogP contribution in [0.5, 0.6) is 0 Å². The Hall–Kier alpha value is -1.67. The van der Waals surface area contributed by atoms with Gasteiger partial charge < -0.3 is 5.73 Å². The van der Waals surface area contributed by atoms with Gasteiger partial charge in [0, 0.05) is 6.54 Å². The number of benzene rings is 1. The van der Waals surface area contributed by atoms with E-state index in [0.29, 0.717) is 12.2 Å². The summed E-state index contributed by atoms with van der Waals surface area (Å²) in [6.45, 7) is 3.95. The van der Waals surface area contributed by atoms with E-state index < -0.39 is 10.0 Å². The Kier molecular flexibility index (Phi) is 3.72. The lowest BCUT2D eigenvalue weighted by molar-refractivity contribution is 0.589. The molecule has 0 spiro atoms. The van der Waals surface area contributed by atoms with Gasteiger partial charge in [-0.1, -0.05) is 29.5 Å². The van der Waals surface area contributed by atoms with E-state index in [1.807, 2.05) is 19.1 Å². The van der Waals surface area contributed by atoms with Crippen molar-refractivity contribution >= 4 is 32.2 Å². The summed E-state index contributed by atoms with van der Waals surface area (Å²) in [5.74, 6) is 0. The monoisotopic (exact) mass is 298 g/mol. The number of aromatic nitrogens is 2. The standard InChI is InChI=1S/C11H14N4O2S2/c1-3-15(9-7-5-4-6-8(9)2)19(16,17)11-14-13-10(12)18-11/h4-7H,3H2,1-2H3,(H2,12,13). The number of anilines is 2. The zero-order valence-corrected chi connectivity index (χ0v) is 12.2. The molecule has 2 N–H and O–H groups in total. The SMILES string of the molecule is CCN(c1ccccc1C)S(=O)(=O)c1nnc(N)s1. The van der Waals surface area contributed by atoms with Crippen LogP contribution in [0.15, 0.2) is 28.6 Å². The van der Waals surface area contributed by atoms with Crippen molar-refractivity contribution in [3.8, 4) is 0 Å². The van der Waals surface area contributed by atoms with E-state index in [9.17, 15) is 8.42 Å². The second-order valence-corrected chi connectivity index (χ2v) is 6.91. The average Bonchev–Trinajstić information content (AvgIpc) is 2.80. The van der Waals surface area contributed by atoms with Gasteiger partial charge in [0.15, 0.2) is 0 Å². The maximum atomic E-state index is 12.5. The predicted molar refractivity (Wildman–Crippen MR) is 75.7 cm³/mol. The molecule has 0 fully saturated rings. The van der Waals surface area contributed by atoms with Crippen LogP contribution in [-0.4, -0.2) is 25.2 Å². The molecule has 19 heavy (non-hydrogen) atoms. The van der Waals surface area contributed by atoms with Crippen molar-refractivity contribution in [2.75, 3.05) is 16.6 Å². The molecule has 0 amide bonds. The number of nitrogens with zero attached hydrogens (tertiary/aromatic N) is 3. The molecular weight excluding hydrogens is 284 g/mol. The highest BCUT2D eigenvalue weighted by atomic mass is 32.2. The molecule has 0 aliphatic heterocycles. The second-order valence-electron chi connectivity index (χ2n) is 3.86. The van der Waals surface area contributed by atoms with Crippen LogP contribution in [0.4, 0.5) is 10.8 Å². The molecule has 0 saturated carbocycles. The lowest BCUT2D eigenvalue weighted by Gasteiger charge is -2.22. The number of nitrogens with two attached hydrogens (primary N) is 1. The zero-order valence-electron chi connectivity index (χ0n) is 10.6. The molecule has 2 rings (SSSR count). The van der Waals surface area contributed by atoms with Gasteiger partial charge in [-0.2, -0.15) is 8.42 Å². The molecule has 1 aromatic carbocycles. The van der Waals surface area contributed by atoms with Crippen LogP contribution in [0.25, 0.3) is 0 Å². The van der Waals surface area contributed by atoms with E-state index in [1.165, 1.54) is 4.31 Å². The van der Waals surface area contributed by atoms with Crippen LogP contribution < -0.4 is 10.0 Å². The van der Waals surface area contributed by atoms with Gasteiger partial charge >= 0.3 is 0 Å². The van der Waals surface area contributed by atoms with Crippen molar-refractivity contribution in [2.45, 2.75) is 18.2 Å². The van der Waals surface area contributed by atoms with Crippen molar-refractivity contribution < 1.29 is 8.42 Å². The van der Waals surface area contributed by atoms with Crippen molar-refractivity contribution in [1.29, 1.82) is 0 Å². The Morgan fingerprint density at radius 1 is 1.32 bits per heavy atom. The topological polar surface area (TPSA) is 89.2 Å². The van der Waals surface area contributed by atoms with Crippen LogP contribution >= 0.6 is 11.3 Å². The third-order valence-electron chi connectivity index (χ3n) is 2.60. The first-order valence-electron chi connectivity index (χ1n) is 5.64. The molecule has 102 valence electrons. The molecular formula is C11H14N4O2S2. The summed E-state index contributed by atoms with van der Waals surface area (Å²) in [6.07, 6.45) is 0. The first-order valence-corrected chi connectivity index (χ1v) is 7.90. The molecule has 2 aromatic rings. The minimum absolute atomic E-state index is 0.0879. The normalized spacial score (nSPS) is 11.5. The molecule has 0 radical (unpaired) electrons. The maximum absolute atomic E-state index is 12.5. The van der Waals surface area contributed by atoms with Crippen LogP contribution in [0.1, 0.15) is 12.5 Å². The third kappa shape index (κ3) is 2.54. The van der Waals surface area contributed by atoms with E-state index in [2.05, 4.69) is 10.2 Å². The van der Waals surface area contributed by atoms with E-state index in [0.717, 1.165) is 16.9 Å². The zero-order chi connectivity index (χ0) is 14.0. The van der Waals surface area contributed by atoms with Gasteiger partial charge in [0.25, 0.3) is 14.4 Å². The van der Waals surface area contributed by atoms with Crippen molar-refractivity contribution in [3.63, 3.8) is 0 Å². The molecule has 0 saturated heterocycles. The number of sulfonamides is 1. The fraction of sp³-hybridized carbons (Fsp3) is 0.273. The van der Waals surface area contributed by atoms with Gasteiger partial charge in [-0.25, -0.2) is 0 Å². The predicted octanol–water partition coefficient (Wildman–Crippen LogP) is 1.64. The Bertz CT molecular complexity index is 682. The highest BCUT2D eigenvalue weighted by Crippen LogP contribution is 2.28. The lowest BCUT2D eigenvalue weighted by atomic mass is 10.2. The summed E-state index contributed by atoms with van der Waals surface area (Å²) in [6, 6.07) is 7.29. The first-order chi connectivity index (χ1) is 8.96. The minimum Gasteiger partial charge on any atom is -0.374 e. The molecule has 8 heteroatoms. The fourth-order valence-electron chi connectivity index (χ4n) is 1.73. The highest BCUT2D eigenvalue weighted by molar-refractivity contribution is 7.94. The number of rotatable bonds is 4. The van der Waals surface area contributed by atoms with E-state index >= 15 is 0 Å². The van der Waals surface area contributed by atoms with Crippen LogP contribution in [0.2, 0.25) is 0 Å². The smallest absolute Gasteiger partial charge is 0.293 e. The quantitative estimate of drug-likeness (QED) is 0.927. The number of hydrogen-bond donors (Lipinski definition) is 1. The van der Waals surface area contributed by atoms with Gasteiger partial charge in [-0.15, -0.1) is 10.2 Å². The molecule has 0 unspecified atom stereocenters. The number of aryl methyl sites for hydroxylation is 1. The van der Waals surface area contributed by atoms with Crippen LogP contribution in [0.3, 0.4) is 0 Å². The average molecular weight is 298 g/mol. The molecule has 1 heterocycles. The summed E-state index contributed by atoms with van der Waals surface area (Å²) in [4.78, 5) is 0. The molecule has 1 aromatic heterocycles. The highest BCUT2D eigenvalue weighted by Gasteiger charge is 2.28. The Morgan fingerprint density at radius 3 is 2.53 bits per heavy atom. The summed E-state index contributed by atoms with van der Waals surface area (Å²) in [7, 11) is -3.71. The van der Waals surface area contributed by atoms with Crippen molar-refractivity contribution in [1.82, 2.24) is 10.2 Å². The minimum atomic E-state index is -3.71. The summed E-state index contributed by atoms with van der Waals surface area (Å²) >= 11 is 0.865. The van der Waals surface area contributed by atoms with Gasteiger partial charge in [-0.3, -0.25) is 4.31 Å². The van der Waals surface area contributed by atoms with Crippen molar-refractivity contribution in [2.24, 2.45) is 0 Å². The first kappa shape index (κ1) is 13.8. The van der Waals surface area contributed by atoms with Crippen LogP contribution in [-0.2, 0) is 10.0 Å². The maximum Gasteiger partial charge on any atom is 0.293 e. The number of nitrogen functional groups attached to an aromatic ring is 1. The molecule has 6 nitrogen and oxygen atoms in total. The lowest BCUT2D eigenvalue weighted by Crippen LogP contribution is -2.31. The summed E-state index contributed by atoms with van der Waals surface area (Å²) < 4.78 is 26.2. The van der Waals surface area contributed by atoms with E-state index in [4.69, 9.17) is 5.73 Å².